The van der Waals surface area contributed by atoms with E-state index in [1.807, 2.05) is 0 Å². The Labute approximate surface area is 100 Å². The van der Waals surface area contributed by atoms with E-state index in [0.717, 1.165) is 28.8 Å². The first-order chi connectivity index (χ1) is 7.77. The van der Waals surface area contributed by atoms with E-state index in [9.17, 15) is 0 Å². The normalized spacial score (nSPS) is 15.1. The van der Waals surface area contributed by atoms with E-state index < -0.39 is 0 Å². The maximum absolute atomic E-state index is 6.49. The van der Waals surface area contributed by atoms with Crippen molar-refractivity contribution in [2.45, 2.75) is 32.6 Å². The van der Waals surface area contributed by atoms with Gasteiger partial charge in [-0.05, 0) is 43.7 Å². The summed E-state index contributed by atoms with van der Waals surface area (Å²) in [7, 11) is 0. The molecule has 1 aliphatic rings. The number of aryl methyl sites for hydroxylation is 2. The molecule has 1 aromatic heterocycles. The molecular weight excluding hydrogens is 218 g/mol. The van der Waals surface area contributed by atoms with Crippen molar-refractivity contribution < 1.29 is 0 Å². The van der Waals surface area contributed by atoms with Gasteiger partial charge in [0.25, 0.3) is 0 Å². The predicted octanol–water partition coefficient (Wildman–Crippen LogP) is 4.08. The van der Waals surface area contributed by atoms with Crippen LogP contribution in [0.15, 0.2) is 18.2 Å². The van der Waals surface area contributed by atoms with Gasteiger partial charge in [-0.15, -0.1) is 0 Å². The van der Waals surface area contributed by atoms with Gasteiger partial charge in [0.05, 0.1) is 10.5 Å². The molecule has 2 heteroatoms. The monoisotopic (exact) mass is 231 g/mol. The van der Waals surface area contributed by atoms with Gasteiger partial charge < -0.3 is 0 Å². The SMILES string of the molecule is Cc1cccc2c(Cl)c3c(nc12)CCCC3. The molecule has 0 aliphatic heterocycles. The fourth-order valence-electron chi connectivity index (χ4n) is 2.53. The van der Waals surface area contributed by atoms with Gasteiger partial charge >= 0.3 is 0 Å². The third-order valence-electron chi connectivity index (χ3n) is 3.42. The second kappa shape index (κ2) is 3.74. The molecule has 16 heavy (non-hydrogen) atoms. The number of benzene rings is 1. The van der Waals surface area contributed by atoms with Gasteiger partial charge in [0.2, 0.25) is 0 Å². The third-order valence-corrected chi connectivity index (χ3v) is 3.86. The van der Waals surface area contributed by atoms with Crippen LogP contribution < -0.4 is 0 Å². The molecule has 0 fully saturated rings. The van der Waals surface area contributed by atoms with Gasteiger partial charge in [-0.25, -0.2) is 0 Å². The van der Waals surface area contributed by atoms with Crippen LogP contribution in [0.3, 0.4) is 0 Å². The summed E-state index contributed by atoms with van der Waals surface area (Å²) in [5.41, 5.74) is 4.80. The first-order valence-electron chi connectivity index (χ1n) is 5.84. The molecule has 1 aliphatic carbocycles. The standard InChI is InChI=1S/C14H14ClN/c1-9-5-4-7-11-13(15)10-6-2-3-8-12(10)16-14(9)11/h4-5,7H,2-3,6,8H2,1H3. The van der Waals surface area contributed by atoms with Gasteiger partial charge in [-0.3, -0.25) is 4.98 Å². The van der Waals surface area contributed by atoms with Crippen molar-refractivity contribution in [3.8, 4) is 0 Å². The van der Waals surface area contributed by atoms with E-state index >= 15 is 0 Å². The lowest BCUT2D eigenvalue weighted by molar-refractivity contribution is 0.671. The number of halogens is 1. The smallest absolute Gasteiger partial charge is 0.0749 e. The molecular formula is C14H14ClN. The minimum Gasteiger partial charge on any atom is -0.252 e. The lowest BCUT2D eigenvalue weighted by atomic mass is 9.94. The van der Waals surface area contributed by atoms with Gasteiger partial charge in [0.15, 0.2) is 0 Å². The van der Waals surface area contributed by atoms with Crippen LogP contribution in [-0.2, 0) is 12.8 Å². The molecule has 0 atom stereocenters. The summed E-state index contributed by atoms with van der Waals surface area (Å²) in [6.07, 6.45) is 4.66. The molecule has 0 N–H and O–H groups in total. The zero-order valence-electron chi connectivity index (χ0n) is 9.39. The van der Waals surface area contributed by atoms with Crippen LogP contribution in [-0.4, -0.2) is 4.98 Å². The van der Waals surface area contributed by atoms with E-state index in [2.05, 4.69) is 25.1 Å². The molecule has 1 nitrogen and oxygen atoms in total. The number of hydrogen-bond donors (Lipinski definition) is 0. The first kappa shape index (κ1) is 10.1. The first-order valence-corrected chi connectivity index (χ1v) is 6.22. The highest BCUT2D eigenvalue weighted by Gasteiger charge is 2.17. The number of aromatic nitrogens is 1. The van der Waals surface area contributed by atoms with Crippen molar-refractivity contribution in [2.24, 2.45) is 0 Å². The van der Waals surface area contributed by atoms with Crippen molar-refractivity contribution >= 4 is 22.5 Å². The van der Waals surface area contributed by atoms with Gasteiger partial charge in [-0.2, -0.15) is 0 Å². The highest BCUT2D eigenvalue weighted by molar-refractivity contribution is 6.36. The lowest BCUT2D eigenvalue weighted by Crippen LogP contribution is -2.06. The van der Waals surface area contributed by atoms with E-state index in [1.165, 1.54) is 29.7 Å². The van der Waals surface area contributed by atoms with Crippen LogP contribution >= 0.6 is 11.6 Å². The molecule has 0 bridgehead atoms. The molecule has 0 saturated carbocycles. The minimum atomic E-state index is 0.934. The van der Waals surface area contributed by atoms with Crippen LogP contribution in [0.5, 0.6) is 0 Å². The van der Waals surface area contributed by atoms with Crippen LogP contribution in [0, 0.1) is 6.92 Å². The summed E-state index contributed by atoms with van der Waals surface area (Å²) in [6.45, 7) is 2.10. The Morgan fingerprint density at radius 1 is 1.19 bits per heavy atom. The molecule has 0 radical (unpaired) electrons. The number of hydrogen-bond acceptors (Lipinski definition) is 1. The predicted molar refractivity (Wildman–Crippen MR) is 68.1 cm³/mol. The molecule has 82 valence electrons. The average Bonchev–Trinajstić information content (AvgIpc) is 2.31. The van der Waals surface area contributed by atoms with E-state index in [0.29, 0.717) is 0 Å². The Morgan fingerprint density at radius 2 is 2.00 bits per heavy atom. The van der Waals surface area contributed by atoms with E-state index in [4.69, 9.17) is 16.6 Å². The van der Waals surface area contributed by atoms with Crippen LogP contribution in [0.4, 0.5) is 0 Å². The van der Waals surface area contributed by atoms with Crippen LogP contribution in [0.2, 0.25) is 5.02 Å². The minimum absolute atomic E-state index is 0.934. The highest BCUT2D eigenvalue weighted by atomic mass is 35.5. The molecule has 2 aromatic rings. The Hall–Kier alpha value is -1.08. The maximum Gasteiger partial charge on any atom is 0.0749 e. The zero-order chi connectivity index (χ0) is 11.1. The molecule has 1 heterocycles. The Kier molecular flexibility index (Phi) is 2.36. The Bertz CT molecular complexity index is 560. The second-order valence-corrected chi connectivity index (χ2v) is 4.91. The number of para-hydroxylation sites is 1. The van der Waals surface area contributed by atoms with Gasteiger partial charge in [-0.1, -0.05) is 29.8 Å². The Morgan fingerprint density at radius 3 is 2.88 bits per heavy atom. The van der Waals surface area contributed by atoms with Crippen molar-refractivity contribution in [1.29, 1.82) is 0 Å². The van der Waals surface area contributed by atoms with Crippen molar-refractivity contribution in [1.82, 2.24) is 4.98 Å². The van der Waals surface area contributed by atoms with Crippen molar-refractivity contribution in [3.05, 3.63) is 40.0 Å². The summed E-state index contributed by atoms with van der Waals surface area (Å²) in [4.78, 5) is 4.79. The summed E-state index contributed by atoms with van der Waals surface area (Å²) < 4.78 is 0. The van der Waals surface area contributed by atoms with E-state index in [1.54, 1.807) is 0 Å². The quantitative estimate of drug-likeness (QED) is 0.666. The van der Waals surface area contributed by atoms with Crippen LogP contribution in [0.25, 0.3) is 10.9 Å². The molecule has 0 saturated heterocycles. The average molecular weight is 232 g/mol. The maximum atomic E-state index is 6.49. The fraction of sp³-hybridized carbons (Fsp3) is 0.357. The molecule has 3 rings (SSSR count). The lowest BCUT2D eigenvalue weighted by Gasteiger charge is -2.18. The van der Waals surface area contributed by atoms with Crippen molar-refractivity contribution in [2.75, 3.05) is 0 Å². The van der Waals surface area contributed by atoms with E-state index in [-0.39, 0.29) is 0 Å². The molecule has 0 unspecified atom stereocenters. The third kappa shape index (κ3) is 1.42. The van der Waals surface area contributed by atoms with Crippen molar-refractivity contribution in [3.63, 3.8) is 0 Å². The summed E-state index contributed by atoms with van der Waals surface area (Å²) >= 11 is 6.49. The van der Waals surface area contributed by atoms with Gasteiger partial charge in [0.1, 0.15) is 0 Å². The number of fused-ring (bicyclic) bond motifs is 2. The number of nitrogens with zero attached hydrogens (tertiary/aromatic N) is 1. The van der Waals surface area contributed by atoms with Gasteiger partial charge in [0, 0.05) is 11.1 Å². The summed E-state index contributed by atoms with van der Waals surface area (Å²) in [5, 5.41) is 2.05. The number of rotatable bonds is 0. The Balaban J connectivity index is 2.39. The zero-order valence-corrected chi connectivity index (χ0v) is 10.1. The molecule has 1 aromatic carbocycles. The number of pyridine rings is 1. The summed E-state index contributed by atoms with van der Waals surface area (Å²) in [5.74, 6) is 0. The summed E-state index contributed by atoms with van der Waals surface area (Å²) in [6, 6.07) is 6.23. The largest absolute Gasteiger partial charge is 0.252 e. The fourth-order valence-corrected chi connectivity index (χ4v) is 2.89. The second-order valence-electron chi connectivity index (χ2n) is 4.53. The topological polar surface area (TPSA) is 12.9 Å². The van der Waals surface area contributed by atoms with Crippen LogP contribution in [0.1, 0.15) is 29.7 Å². The molecule has 0 amide bonds. The molecule has 0 spiro atoms. The highest BCUT2D eigenvalue weighted by Crippen LogP contribution is 2.33.